The van der Waals surface area contributed by atoms with Gasteiger partial charge in [0.2, 0.25) is 15.9 Å². The van der Waals surface area contributed by atoms with Gasteiger partial charge in [-0.05, 0) is 38.0 Å². The molecule has 0 radical (unpaired) electrons. The number of nitrogens with one attached hydrogen (secondary N) is 1. The number of carbonyl (C=O) groups is 1. The number of amides is 1. The lowest BCUT2D eigenvalue weighted by Crippen LogP contribution is -2.38. The molecule has 1 amide bonds. The molecule has 1 aliphatic rings. The summed E-state index contributed by atoms with van der Waals surface area (Å²) in [6.45, 7) is 3.52. The Hall–Kier alpha value is -1.44. The Morgan fingerprint density at radius 1 is 1.24 bits per heavy atom. The zero-order valence-electron chi connectivity index (χ0n) is 15.2. The Morgan fingerprint density at radius 2 is 1.88 bits per heavy atom. The molecule has 2 unspecified atom stereocenters. The Bertz CT molecular complexity index is 697. The summed E-state index contributed by atoms with van der Waals surface area (Å²) in [6.07, 6.45) is 5.10. The predicted molar refractivity (Wildman–Crippen MR) is 99.7 cm³/mol. The highest BCUT2D eigenvalue weighted by molar-refractivity contribution is 7.89. The maximum Gasteiger partial charge on any atom is 0.243 e. The summed E-state index contributed by atoms with van der Waals surface area (Å²) >= 11 is 0. The first-order valence-electron chi connectivity index (χ1n) is 8.88. The molecule has 1 fully saturated rings. The fourth-order valence-electron chi connectivity index (χ4n) is 3.04. The van der Waals surface area contributed by atoms with E-state index >= 15 is 0 Å². The van der Waals surface area contributed by atoms with Crippen molar-refractivity contribution >= 4 is 21.6 Å². The second-order valence-corrected chi connectivity index (χ2v) is 8.98. The van der Waals surface area contributed by atoms with Crippen LogP contribution in [0.1, 0.15) is 46.0 Å². The number of anilines is 1. The van der Waals surface area contributed by atoms with Gasteiger partial charge in [-0.2, -0.15) is 4.31 Å². The van der Waals surface area contributed by atoms with Gasteiger partial charge in [0.25, 0.3) is 0 Å². The Kier molecular flexibility index (Phi) is 6.59. The molecule has 0 aliphatic heterocycles. The van der Waals surface area contributed by atoms with E-state index in [1.54, 1.807) is 39.1 Å². The molecule has 1 aromatic carbocycles. The molecule has 140 valence electrons. The van der Waals surface area contributed by atoms with Crippen molar-refractivity contribution in [3.05, 3.63) is 24.3 Å². The molecule has 25 heavy (non-hydrogen) atoms. The second-order valence-electron chi connectivity index (χ2n) is 6.98. The van der Waals surface area contributed by atoms with Gasteiger partial charge in [-0.1, -0.05) is 32.3 Å². The molecular formula is C18H29N3O3S. The van der Waals surface area contributed by atoms with Crippen molar-refractivity contribution in [3.8, 4) is 0 Å². The highest BCUT2D eigenvalue weighted by Crippen LogP contribution is 2.27. The summed E-state index contributed by atoms with van der Waals surface area (Å²) in [4.78, 5) is 12.3. The van der Waals surface area contributed by atoms with Gasteiger partial charge in [-0.15, -0.1) is 0 Å². The number of hydrogen-bond donors (Lipinski definition) is 2. The maximum absolute atomic E-state index is 12.9. The van der Waals surface area contributed by atoms with Crippen LogP contribution in [0.15, 0.2) is 29.2 Å². The zero-order valence-corrected chi connectivity index (χ0v) is 16.1. The van der Waals surface area contributed by atoms with Gasteiger partial charge in [0.05, 0.1) is 10.8 Å². The van der Waals surface area contributed by atoms with Crippen LogP contribution in [-0.4, -0.2) is 37.8 Å². The first-order valence-corrected chi connectivity index (χ1v) is 10.3. The van der Waals surface area contributed by atoms with Crippen LogP contribution < -0.4 is 11.1 Å². The van der Waals surface area contributed by atoms with Gasteiger partial charge in [-0.3, -0.25) is 4.79 Å². The first kappa shape index (κ1) is 19.9. The van der Waals surface area contributed by atoms with Crippen molar-refractivity contribution in [1.82, 2.24) is 4.31 Å². The van der Waals surface area contributed by atoms with Crippen LogP contribution in [0.2, 0.25) is 0 Å². The first-order chi connectivity index (χ1) is 11.7. The summed E-state index contributed by atoms with van der Waals surface area (Å²) in [5, 5.41) is 2.75. The summed E-state index contributed by atoms with van der Waals surface area (Å²) < 4.78 is 27.3. The molecule has 2 atom stereocenters. The highest BCUT2D eigenvalue weighted by Gasteiger charge is 2.29. The normalized spacial score (nSPS) is 18.8. The van der Waals surface area contributed by atoms with Gasteiger partial charge in [0.15, 0.2) is 0 Å². The molecule has 0 bridgehead atoms. The van der Waals surface area contributed by atoms with Gasteiger partial charge >= 0.3 is 0 Å². The molecule has 0 spiro atoms. The molecular weight excluding hydrogens is 338 g/mol. The second kappa shape index (κ2) is 8.29. The molecule has 3 N–H and O–H groups in total. The fourth-order valence-corrected chi connectivity index (χ4v) is 4.50. The average molecular weight is 368 g/mol. The third-order valence-electron chi connectivity index (χ3n) is 5.07. The van der Waals surface area contributed by atoms with Crippen LogP contribution in [0.4, 0.5) is 5.69 Å². The van der Waals surface area contributed by atoms with E-state index in [2.05, 4.69) is 5.32 Å². The molecule has 1 aromatic rings. The van der Waals surface area contributed by atoms with Crippen molar-refractivity contribution in [1.29, 1.82) is 0 Å². The number of nitrogens with two attached hydrogens (primary N) is 1. The Labute approximate surface area is 150 Å². The highest BCUT2D eigenvalue weighted by atomic mass is 32.2. The summed E-state index contributed by atoms with van der Waals surface area (Å²) in [5.41, 5.74) is 6.22. The smallest absolute Gasteiger partial charge is 0.243 e. The number of nitrogens with zero attached hydrogens (tertiary/aromatic N) is 1. The third-order valence-corrected chi connectivity index (χ3v) is 6.98. The summed E-state index contributed by atoms with van der Waals surface area (Å²) in [5.74, 6) is -0.574. The summed E-state index contributed by atoms with van der Waals surface area (Å²) in [7, 11) is -1.93. The van der Waals surface area contributed by atoms with Crippen LogP contribution >= 0.6 is 0 Å². The molecule has 1 saturated carbocycles. The van der Waals surface area contributed by atoms with E-state index in [1.165, 1.54) is 16.8 Å². The number of sulfonamides is 1. The van der Waals surface area contributed by atoms with E-state index in [9.17, 15) is 13.2 Å². The van der Waals surface area contributed by atoms with Gasteiger partial charge in [-0.25, -0.2) is 8.42 Å². The number of hydrogen-bond acceptors (Lipinski definition) is 4. The van der Waals surface area contributed by atoms with Crippen LogP contribution in [0.25, 0.3) is 0 Å². The van der Waals surface area contributed by atoms with Gasteiger partial charge < -0.3 is 11.1 Å². The van der Waals surface area contributed by atoms with E-state index in [4.69, 9.17) is 5.73 Å². The molecule has 2 rings (SSSR count). The Morgan fingerprint density at radius 3 is 2.48 bits per heavy atom. The standard InChI is InChI=1S/C18H29N3O3S/c1-13(14(2)19)18(22)20-15-8-7-11-17(12-15)25(23,24)21(3)16-9-5-4-6-10-16/h7-8,11-14,16H,4-6,9-10,19H2,1-3H3,(H,20,22). The molecule has 7 heteroatoms. The zero-order chi connectivity index (χ0) is 18.6. The van der Waals surface area contributed by atoms with Crippen molar-refractivity contribution in [3.63, 3.8) is 0 Å². The molecule has 0 saturated heterocycles. The molecule has 0 aromatic heterocycles. The van der Waals surface area contributed by atoms with E-state index in [0.717, 1.165) is 25.7 Å². The Balaban J connectivity index is 2.17. The average Bonchev–Trinajstić information content (AvgIpc) is 2.61. The van der Waals surface area contributed by atoms with Crippen LogP contribution in [0, 0.1) is 5.92 Å². The molecule has 0 heterocycles. The van der Waals surface area contributed by atoms with Crippen LogP contribution in [-0.2, 0) is 14.8 Å². The van der Waals surface area contributed by atoms with E-state index in [0.29, 0.717) is 5.69 Å². The SMILES string of the molecule is CC(N)C(C)C(=O)Nc1cccc(S(=O)(=O)N(C)C2CCCCC2)c1. The topological polar surface area (TPSA) is 92.5 Å². The fraction of sp³-hybridized carbons (Fsp3) is 0.611. The van der Waals surface area contributed by atoms with Crippen molar-refractivity contribution in [2.75, 3.05) is 12.4 Å². The number of rotatable bonds is 6. The minimum Gasteiger partial charge on any atom is -0.327 e. The van der Waals surface area contributed by atoms with Crippen LogP contribution in [0.3, 0.4) is 0 Å². The van der Waals surface area contributed by atoms with E-state index < -0.39 is 10.0 Å². The van der Waals surface area contributed by atoms with E-state index in [1.807, 2.05) is 0 Å². The van der Waals surface area contributed by atoms with Crippen molar-refractivity contribution in [2.45, 2.75) is 62.9 Å². The van der Waals surface area contributed by atoms with Gasteiger partial charge in [0.1, 0.15) is 0 Å². The van der Waals surface area contributed by atoms with Crippen LogP contribution in [0.5, 0.6) is 0 Å². The largest absolute Gasteiger partial charge is 0.327 e. The lowest BCUT2D eigenvalue weighted by atomic mass is 9.96. The molecule has 6 nitrogen and oxygen atoms in total. The third kappa shape index (κ3) is 4.80. The van der Waals surface area contributed by atoms with Crippen molar-refractivity contribution < 1.29 is 13.2 Å². The predicted octanol–water partition coefficient (Wildman–Crippen LogP) is 2.56. The minimum atomic E-state index is -3.58. The quantitative estimate of drug-likeness (QED) is 0.808. The maximum atomic E-state index is 12.9. The van der Waals surface area contributed by atoms with Crippen molar-refractivity contribution in [2.24, 2.45) is 11.7 Å². The number of benzene rings is 1. The minimum absolute atomic E-state index is 0.0510. The lowest BCUT2D eigenvalue weighted by Gasteiger charge is -2.30. The summed E-state index contributed by atoms with van der Waals surface area (Å²) in [6, 6.07) is 6.19. The van der Waals surface area contributed by atoms with E-state index in [-0.39, 0.29) is 28.8 Å². The number of carbonyl (C=O) groups excluding carboxylic acids is 1. The monoisotopic (exact) mass is 367 g/mol. The van der Waals surface area contributed by atoms with Gasteiger partial charge in [0, 0.05) is 24.8 Å². The lowest BCUT2D eigenvalue weighted by molar-refractivity contribution is -0.119. The molecule has 1 aliphatic carbocycles.